The molecule has 1 saturated heterocycles. The van der Waals surface area contributed by atoms with Crippen LogP contribution in [0.4, 0.5) is 4.79 Å². The summed E-state index contributed by atoms with van der Waals surface area (Å²) in [6, 6.07) is 27.2. The van der Waals surface area contributed by atoms with E-state index >= 15 is 0 Å². The Hall–Kier alpha value is -6.48. The molecule has 3 heterocycles. The molecule has 2 amide bonds. The molecular formula is C44H40ClN7O6. The number of aromatic nitrogens is 1. The number of fused-ring (bicyclic) bond motifs is 1. The maximum Gasteiger partial charge on any atom is 0.353 e. The van der Waals surface area contributed by atoms with E-state index in [1.54, 1.807) is 24.4 Å². The molecule has 1 fully saturated rings. The first-order valence-corrected chi connectivity index (χ1v) is 18.9. The van der Waals surface area contributed by atoms with E-state index in [2.05, 4.69) is 88.6 Å². The molecule has 0 radical (unpaired) electrons. The molecule has 7 rings (SSSR count). The number of pyridine rings is 1. The number of halogens is 1. The molecular weight excluding hydrogens is 758 g/mol. The summed E-state index contributed by atoms with van der Waals surface area (Å²) >= 11 is 6.77. The van der Waals surface area contributed by atoms with E-state index in [9.17, 15) is 20.0 Å². The number of amides is 2. The summed E-state index contributed by atoms with van der Waals surface area (Å²) in [5, 5.41) is 39.9. The standard InChI is InChI=1S/C44H40ClN7O6/c1-26-31(24-57-41-16-40(56-23-29-13-28(17-47)18-48-19-29)33(15-38(41)45)21-51-44(25-58-44)42(53)54)5-3-7-35(26)36-8-4-6-34(27(36)2)30-9-10-37-32(14-30)20-49-22-39(37)52-43(55)50-12-11-46/h3-10,13-16,18-19,39,49,51H,12,20-25H2,1-2H3,(H,53,54)(H2,50,52,55)/t39?,44-/m1/s1. The van der Waals surface area contributed by atoms with Crippen LogP contribution < -0.4 is 30.7 Å². The largest absolute Gasteiger partial charge is 0.488 e. The number of nitriles is 2. The monoisotopic (exact) mass is 797 g/mol. The fourth-order valence-electron chi connectivity index (χ4n) is 7.07. The fraction of sp³-hybridized carbons (Fsp3) is 0.250. The topological polar surface area (TPSA) is 194 Å². The van der Waals surface area contributed by atoms with Crippen molar-refractivity contribution in [1.82, 2.24) is 26.3 Å². The predicted octanol–water partition coefficient (Wildman–Crippen LogP) is 6.58. The molecule has 1 aromatic heterocycles. The van der Waals surface area contributed by atoms with Crippen LogP contribution in [-0.2, 0) is 35.8 Å². The summed E-state index contributed by atoms with van der Waals surface area (Å²) < 4.78 is 17.7. The van der Waals surface area contributed by atoms with E-state index in [-0.39, 0.29) is 45.0 Å². The van der Waals surface area contributed by atoms with E-state index in [1.807, 2.05) is 18.2 Å². The van der Waals surface area contributed by atoms with Crippen molar-refractivity contribution in [3.05, 3.63) is 135 Å². The molecule has 5 N–H and O–H groups in total. The van der Waals surface area contributed by atoms with Gasteiger partial charge in [-0.15, -0.1) is 0 Å². The first kappa shape index (κ1) is 39.7. The van der Waals surface area contributed by atoms with Gasteiger partial charge in [0.2, 0.25) is 5.72 Å². The highest BCUT2D eigenvalue weighted by atomic mass is 35.5. The maximum atomic E-state index is 12.3. The van der Waals surface area contributed by atoms with Crippen molar-refractivity contribution in [2.45, 2.75) is 51.9 Å². The number of urea groups is 1. The molecule has 294 valence electrons. The van der Waals surface area contributed by atoms with Gasteiger partial charge in [-0.3, -0.25) is 10.3 Å². The fourth-order valence-corrected chi connectivity index (χ4v) is 7.31. The quantitative estimate of drug-likeness (QED) is 0.0602. The van der Waals surface area contributed by atoms with Gasteiger partial charge in [-0.25, -0.2) is 9.59 Å². The molecule has 1 unspecified atom stereocenters. The lowest BCUT2D eigenvalue weighted by molar-refractivity contribution is -0.144. The Morgan fingerprint density at radius 3 is 2.48 bits per heavy atom. The van der Waals surface area contributed by atoms with Gasteiger partial charge in [0.15, 0.2) is 0 Å². The average molecular weight is 798 g/mol. The van der Waals surface area contributed by atoms with E-state index in [1.165, 1.54) is 6.20 Å². The zero-order valence-corrected chi connectivity index (χ0v) is 32.6. The van der Waals surface area contributed by atoms with Crippen molar-refractivity contribution in [3.8, 4) is 45.9 Å². The van der Waals surface area contributed by atoms with Crippen molar-refractivity contribution in [2.24, 2.45) is 0 Å². The molecule has 14 heteroatoms. The Morgan fingerprint density at radius 1 is 0.966 bits per heavy atom. The number of nitrogens with one attached hydrogen (secondary N) is 4. The van der Waals surface area contributed by atoms with Gasteiger partial charge in [0, 0.05) is 49.2 Å². The lowest BCUT2D eigenvalue weighted by atomic mass is 9.87. The Bertz CT molecular complexity index is 2470. The van der Waals surface area contributed by atoms with Crippen LogP contribution in [0.15, 0.2) is 85.2 Å². The van der Waals surface area contributed by atoms with Crippen LogP contribution in [0.2, 0.25) is 5.02 Å². The number of carbonyl (C=O) groups excluding carboxylic acids is 1. The Morgan fingerprint density at radius 2 is 1.72 bits per heavy atom. The van der Waals surface area contributed by atoms with Crippen molar-refractivity contribution < 1.29 is 28.9 Å². The van der Waals surface area contributed by atoms with Crippen molar-refractivity contribution >= 4 is 23.6 Å². The van der Waals surface area contributed by atoms with Crippen LogP contribution >= 0.6 is 11.6 Å². The third-order valence-corrected chi connectivity index (χ3v) is 10.7. The second-order valence-corrected chi connectivity index (χ2v) is 14.5. The van der Waals surface area contributed by atoms with Gasteiger partial charge in [0.25, 0.3) is 0 Å². The van der Waals surface area contributed by atoms with Crippen LogP contribution in [0.5, 0.6) is 11.5 Å². The van der Waals surface area contributed by atoms with E-state index < -0.39 is 11.7 Å². The van der Waals surface area contributed by atoms with E-state index in [0.29, 0.717) is 46.3 Å². The van der Waals surface area contributed by atoms with Gasteiger partial charge in [0.05, 0.1) is 22.7 Å². The summed E-state index contributed by atoms with van der Waals surface area (Å²) in [6.07, 6.45) is 3.08. The number of ether oxygens (including phenoxy) is 3. The van der Waals surface area contributed by atoms with E-state index in [4.69, 9.17) is 31.1 Å². The molecule has 4 aromatic carbocycles. The molecule has 13 nitrogen and oxygen atoms in total. The van der Waals surface area contributed by atoms with Gasteiger partial charge < -0.3 is 35.3 Å². The number of rotatable bonds is 14. The molecule has 2 aliphatic heterocycles. The number of hydrogen-bond donors (Lipinski definition) is 5. The highest BCUT2D eigenvalue weighted by Crippen LogP contribution is 2.38. The van der Waals surface area contributed by atoms with E-state index in [0.717, 1.165) is 50.1 Å². The molecule has 2 atom stereocenters. The number of nitrogens with zero attached hydrogens (tertiary/aromatic N) is 3. The maximum absolute atomic E-state index is 12.3. The molecule has 58 heavy (non-hydrogen) atoms. The lowest BCUT2D eigenvalue weighted by Gasteiger charge is -2.28. The third-order valence-electron chi connectivity index (χ3n) is 10.4. The summed E-state index contributed by atoms with van der Waals surface area (Å²) in [5.41, 5.74) is 9.77. The van der Waals surface area contributed by atoms with Gasteiger partial charge in [-0.2, -0.15) is 10.5 Å². The van der Waals surface area contributed by atoms with Crippen molar-refractivity contribution in [3.63, 3.8) is 0 Å². The molecule has 0 aliphatic carbocycles. The van der Waals surface area contributed by atoms with Crippen LogP contribution in [-0.4, -0.2) is 47.5 Å². The number of carbonyl (C=O) groups is 2. The highest BCUT2D eigenvalue weighted by molar-refractivity contribution is 6.32. The Kier molecular flexibility index (Phi) is 11.9. The molecule has 5 aromatic rings. The van der Waals surface area contributed by atoms with Crippen molar-refractivity contribution in [1.29, 1.82) is 10.5 Å². The van der Waals surface area contributed by atoms with Crippen LogP contribution in [0, 0.1) is 36.5 Å². The minimum atomic E-state index is -1.45. The second-order valence-electron chi connectivity index (χ2n) is 14.1. The van der Waals surface area contributed by atoms with Gasteiger partial charge in [-0.1, -0.05) is 60.1 Å². The minimum absolute atomic E-state index is 0.0426. The number of carboxylic acids is 1. The summed E-state index contributed by atoms with van der Waals surface area (Å²) in [6.45, 7) is 5.83. The number of benzene rings is 4. The van der Waals surface area contributed by atoms with Gasteiger partial charge in [-0.05, 0) is 82.1 Å². The smallest absolute Gasteiger partial charge is 0.353 e. The minimum Gasteiger partial charge on any atom is -0.488 e. The van der Waals surface area contributed by atoms with Gasteiger partial charge >= 0.3 is 12.0 Å². The number of hydrogen-bond acceptors (Lipinski definition) is 10. The highest BCUT2D eigenvalue weighted by Gasteiger charge is 2.52. The SMILES string of the molecule is Cc1c(COc2cc(OCc3cncc(C#N)c3)c(CN[C@]3(C(=O)O)CO3)cc2Cl)cccc1-c1cccc(-c2ccc3c(c2)CNCC3NC(=O)NCC#N)c1C. The summed E-state index contributed by atoms with van der Waals surface area (Å²) in [5.74, 6) is -0.315. The predicted molar refractivity (Wildman–Crippen MR) is 216 cm³/mol. The molecule has 0 bridgehead atoms. The Balaban J connectivity index is 1.11. The summed E-state index contributed by atoms with van der Waals surface area (Å²) in [7, 11) is 0. The molecule has 0 saturated carbocycles. The average Bonchev–Trinajstić information content (AvgIpc) is 4.03. The zero-order chi connectivity index (χ0) is 40.8. The zero-order valence-electron chi connectivity index (χ0n) is 31.8. The van der Waals surface area contributed by atoms with Crippen molar-refractivity contribution in [2.75, 3.05) is 19.7 Å². The van der Waals surface area contributed by atoms with Crippen LogP contribution in [0.25, 0.3) is 22.3 Å². The van der Waals surface area contributed by atoms with Crippen LogP contribution in [0.1, 0.15) is 50.5 Å². The molecule has 0 spiro atoms. The third kappa shape index (κ3) is 8.74. The first-order valence-electron chi connectivity index (χ1n) is 18.6. The summed E-state index contributed by atoms with van der Waals surface area (Å²) in [4.78, 5) is 28.1. The lowest BCUT2D eigenvalue weighted by Crippen LogP contribution is -2.44. The number of epoxide rings is 1. The number of aliphatic carboxylic acids is 1. The first-order chi connectivity index (χ1) is 28.1. The second kappa shape index (κ2) is 17.3. The van der Waals surface area contributed by atoms with Crippen LogP contribution in [0.3, 0.4) is 0 Å². The number of carboxylic acid groups (broad SMARTS) is 1. The Labute approximate surface area is 340 Å². The molecule has 2 aliphatic rings. The van der Waals surface area contributed by atoms with Gasteiger partial charge in [0.1, 0.15) is 43.9 Å². The normalized spacial score (nSPS) is 16.6.